The Morgan fingerprint density at radius 2 is 1.38 bits per heavy atom. The summed E-state index contributed by atoms with van der Waals surface area (Å²) >= 11 is 0. The molecule has 3 rings (SSSR count). The molecule has 0 saturated carbocycles. The first kappa shape index (κ1) is 25.1. The molecule has 0 heterocycles. The van der Waals surface area contributed by atoms with Crippen molar-refractivity contribution in [1.29, 1.82) is 0 Å². The van der Waals surface area contributed by atoms with E-state index < -0.39 is 0 Å². The lowest BCUT2D eigenvalue weighted by atomic mass is 10.1. The molecule has 0 aromatic heterocycles. The normalized spacial score (nSPS) is 10.6. The molecule has 0 saturated heterocycles. The van der Waals surface area contributed by atoms with Crippen molar-refractivity contribution < 1.29 is 23.7 Å². The summed E-state index contributed by atoms with van der Waals surface area (Å²) in [6.45, 7) is 1.94. The maximum absolute atomic E-state index is 13.4. The van der Waals surface area contributed by atoms with Crippen LogP contribution >= 0.6 is 0 Å². The molecule has 0 bridgehead atoms. The van der Waals surface area contributed by atoms with Gasteiger partial charge in [-0.05, 0) is 36.1 Å². The highest BCUT2D eigenvalue weighted by Gasteiger charge is 2.21. The van der Waals surface area contributed by atoms with E-state index >= 15 is 0 Å². The number of carbonyl (C=O) groups excluding carboxylic acids is 1. The molecule has 0 spiro atoms. The van der Waals surface area contributed by atoms with Crippen LogP contribution in [0.25, 0.3) is 0 Å². The average molecular weight is 464 g/mol. The Kier molecular flexibility index (Phi) is 9.80. The molecular formula is C28H33NO5. The molecule has 1 amide bonds. The van der Waals surface area contributed by atoms with Crippen LogP contribution in [-0.4, -0.2) is 51.8 Å². The second kappa shape index (κ2) is 13.3. The quantitative estimate of drug-likeness (QED) is 0.357. The summed E-state index contributed by atoms with van der Waals surface area (Å²) in [6.07, 6.45) is 1.75. The van der Waals surface area contributed by atoms with Crippen molar-refractivity contribution in [2.24, 2.45) is 0 Å². The van der Waals surface area contributed by atoms with Gasteiger partial charge in [0, 0.05) is 25.8 Å². The monoisotopic (exact) mass is 463 g/mol. The molecule has 180 valence electrons. The zero-order chi connectivity index (χ0) is 24.2. The Bertz CT molecular complexity index is 998. The molecule has 0 radical (unpaired) electrons. The Morgan fingerprint density at radius 1 is 0.794 bits per heavy atom. The summed E-state index contributed by atoms with van der Waals surface area (Å²) < 4.78 is 22.4. The fraction of sp³-hybridized carbons (Fsp3) is 0.321. The van der Waals surface area contributed by atoms with Crippen LogP contribution in [0.4, 0.5) is 0 Å². The molecule has 0 aliphatic carbocycles. The Balaban J connectivity index is 1.76. The average Bonchev–Trinajstić information content (AvgIpc) is 2.89. The number of amides is 1. The van der Waals surface area contributed by atoms with Crippen molar-refractivity contribution in [3.63, 3.8) is 0 Å². The number of nitrogens with zero attached hydrogens (tertiary/aromatic N) is 1. The van der Waals surface area contributed by atoms with Gasteiger partial charge in [-0.2, -0.15) is 0 Å². The van der Waals surface area contributed by atoms with Crippen molar-refractivity contribution in [3.05, 3.63) is 89.5 Å². The minimum Gasteiger partial charge on any atom is -0.493 e. The minimum absolute atomic E-state index is 0.101. The van der Waals surface area contributed by atoms with Crippen LogP contribution < -0.4 is 14.2 Å². The molecule has 6 heteroatoms. The van der Waals surface area contributed by atoms with Gasteiger partial charge in [0.2, 0.25) is 5.75 Å². The number of hydrogen-bond donors (Lipinski definition) is 0. The van der Waals surface area contributed by atoms with E-state index in [4.69, 9.17) is 18.9 Å². The first-order valence-corrected chi connectivity index (χ1v) is 11.4. The van der Waals surface area contributed by atoms with Crippen LogP contribution in [0.15, 0.2) is 72.8 Å². The van der Waals surface area contributed by atoms with E-state index in [9.17, 15) is 4.79 Å². The van der Waals surface area contributed by atoms with E-state index in [0.29, 0.717) is 49.1 Å². The van der Waals surface area contributed by atoms with Gasteiger partial charge in [-0.15, -0.1) is 0 Å². The SMILES string of the molecule is COCCN(CCCc1ccccc1)C(=O)c1cc(OC)c(OCc2ccccc2)c(OC)c1. The molecular weight excluding hydrogens is 430 g/mol. The zero-order valence-corrected chi connectivity index (χ0v) is 20.2. The van der Waals surface area contributed by atoms with Crippen molar-refractivity contribution in [2.75, 3.05) is 41.0 Å². The largest absolute Gasteiger partial charge is 0.493 e. The summed E-state index contributed by atoms with van der Waals surface area (Å²) in [5, 5.41) is 0. The van der Waals surface area contributed by atoms with Gasteiger partial charge >= 0.3 is 0 Å². The molecule has 0 atom stereocenters. The maximum Gasteiger partial charge on any atom is 0.254 e. The highest BCUT2D eigenvalue weighted by atomic mass is 16.5. The Morgan fingerprint density at radius 3 is 1.94 bits per heavy atom. The number of aryl methyl sites for hydroxylation is 1. The number of methoxy groups -OCH3 is 3. The number of benzene rings is 3. The van der Waals surface area contributed by atoms with Gasteiger partial charge < -0.3 is 23.8 Å². The van der Waals surface area contributed by atoms with Gasteiger partial charge in [0.25, 0.3) is 5.91 Å². The summed E-state index contributed by atoms with van der Waals surface area (Å²) in [4.78, 5) is 15.2. The zero-order valence-electron chi connectivity index (χ0n) is 20.2. The fourth-order valence-electron chi connectivity index (χ4n) is 3.69. The van der Waals surface area contributed by atoms with Crippen molar-refractivity contribution in [1.82, 2.24) is 4.90 Å². The molecule has 0 unspecified atom stereocenters. The summed E-state index contributed by atoms with van der Waals surface area (Å²) in [7, 11) is 4.75. The third-order valence-electron chi connectivity index (χ3n) is 5.52. The van der Waals surface area contributed by atoms with Gasteiger partial charge in [0.05, 0.1) is 20.8 Å². The van der Waals surface area contributed by atoms with Crippen LogP contribution in [0.1, 0.15) is 27.9 Å². The smallest absolute Gasteiger partial charge is 0.254 e. The fourth-order valence-corrected chi connectivity index (χ4v) is 3.69. The molecule has 0 aliphatic rings. The molecule has 0 fully saturated rings. The lowest BCUT2D eigenvalue weighted by Crippen LogP contribution is -2.35. The van der Waals surface area contributed by atoms with Crippen LogP contribution in [0.5, 0.6) is 17.2 Å². The Labute approximate surface area is 202 Å². The second-order valence-corrected chi connectivity index (χ2v) is 7.86. The van der Waals surface area contributed by atoms with Crippen molar-refractivity contribution >= 4 is 5.91 Å². The topological polar surface area (TPSA) is 57.2 Å². The highest BCUT2D eigenvalue weighted by molar-refractivity contribution is 5.95. The van der Waals surface area contributed by atoms with E-state index in [1.54, 1.807) is 33.5 Å². The van der Waals surface area contributed by atoms with Gasteiger partial charge in [-0.25, -0.2) is 0 Å². The number of hydrogen-bond acceptors (Lipinski definition) is 5. The molecule has 34 heavy (non-hydrogen) atoms. The Hall–Kier alpha value is -3.51. The molecule has 3 aromatic rings. The standard InChI is InChI=1S/C28H33NO5/c1-31-18-17-29(16-10-15-22-11-6-4-7-12-22)28(30)24-19-25(32-2)27(26(20-24)33-3)34-21-23-13-8-5-9-14-23/h4-9,11-14,19-20H,10,15-18,21H2,1-3H3. The number of carbonyl (C=O) groups is 1. The lowest BCUT2D eigenvalue weighted by Gasteiger charge is -2.24. The van der Waals surface area contributed by atoms with E-state index in [-0.39, 0.29) is 5.91 Å². The van der Waals surface area contributed by atoms with E-state index in [1.807, 2.05) is 53.4 Å². The first-order chi connectivity index (χ1) is 16.7. The maximum atomic E-state index is 13.4. The first-order valence-electron chi connectivity index (χ1n) is 11.4. The van der Waals surface area contributed by atoms with Gasteiger partial charge in [-0.3, -0.25) is 4.79 Å². The van der Waals surface area contributed by atoms with E-state index in [2.05, 4.69) is 12.1 Å². The van der Waals surface area contributed by atoms with Gasteiger partial charge in [0.1, 0.15) is 6.61 Å². The van der Waals surface area contributed by atoms with Crippen LogP contribution in [0.3, 0.4) is 0 Å². The summed E-state index contributed by atoms with van der Waals surface area (Å²) in [5.74, 6) is 1.28. The predicted octanol–water partition coefficient (Wildman–Crippen LogP) is 5.00. The summed E-state index contributed by atoms with van der Waals surface area (Å²) in [5.41, 5.74) is 2.76. The minimum atomic E-state index is -0.101. The van der Waals surface area contributed by atoms with Crippen LogP contribution in [-0.2, 0) is 17.8 Å². The molecule has 0 N–H and O–H groups in total. The van der Waals surface area contributed by atoms with Gasteiger partial charge in [-0.1, -0.05) is 60.7 Å². The van der Waals surface area contributed by atoms with E-state index in [0.717, 1.165) is 18.4 Å². The van der Waals surface area contributed by atoms with E-state index in [1.165, 1.54) is 5.56 Å². The van der Waals surface area contributed by atoms with Crippen LogP contribution in [0.2, 0.25) is 0 Å². The third-order valence-corrected chi connectivity index (χ3v) is 5.52. The van der Waals surface area contributed by atoms with Crippen molar-refractivity contribution in [2.45, 2.75) is 19.4 Å². The predicted molar refractivity (Wildman–Crippen MR) is 133 cm³/mol. The van der Waals surface area contributed by atoms with Crippen molar-refractivity contribution in [3.8, 4) is 17.2 Å². The summed E-state index contributed by atoms with van der Waals surface area (Å²) in [6, 6.07) is 23.5. The lowest BCUT2D eigenvalue weighted by molar-refractivity contribution is 0.0692. The molecule has 0 aliphatic heterocycles. The molecule has 6 nitrogen and oxygen atoms in total. The second-order valence-electron chi connectivity index (χ2n) is 7.86. The third kappa shape index (κ3) is 6.99. The van der Waals surface area contributed by atoms with Crippen LogP contribution in [0, 0.1) is 0 Å². The number of ether oxygens (including phenoxy) is 4. The number of rotatable bonds is 13. The highest BCUT2D eigenvalue weighted by Crippen LogP contribution is 2.39. The van der Waals surface area contributed by atoms with Gasteiger partial charge in [0.15, 0.2) is 11.5 Å². The molecule has 3 aromatic carbocycles.